The minimum absolute atomic E-state index is 0.00145. The maximum atomic E-state index is 12.2. The molecule has 1 heterocycles. The van der Waals surface area contributed by atoms with Crippen LogP contribution < -0.4 is 9.47 Å². The molecule has 0 aliphatic carbocycles. The monoisotopic (exact) mass is 260 g/mol. The van der Waals surface area contributed by atoms with Crippen LogP contribution in [0, 0.1) is 0 Å². The van der Waals surface area contributed by atoms with Gasteiger partial charge in [0.2, 0.25) is 0 Å². The van der Waals surface area contributed by atoms with E-state index in [-0.39, 0.29) is 22.9 Å². The van der Waals surface area contributed by atoms with Crippen LogP contribution in [0.2, 0.25) is 5.02 Å². The standard InChI is InChI=1S/C11H7ClF2O3/c1-5-2-9(15)17-10-7(5)3-6(12)4-8(10)16-11(13)14/h3-4,11H,1-2H2. The maximum absolute atomic E-state index is 12.2. The number of esters is 1. The molecule has 0 fully saturated rings. The van der Waals surface area contributed by atoms with Gasteiger partial charge in [0.1, 0.15) is 0 Å². The van der Waals surface area contributed by atoms with E-state index in [9.17, 15) is 13.6 Å². The summed E-state index contributed by atoms with van der Waals surface area (Å²) in [4.78, 5) is 11.2. The first-order chi connectivity index (χ1) is 7.97. The molecule has 1 aliphatic rings. The zero-order valence-electron chi connectivity index (χ0n) is 8.50. The first-order valence-electron chi connectivity index (χ1n) is 4.64. The molecule has 0 radical (unpaired) electrons. The van der Waals surface area contributed by atoms with Crippen molar-refractivity contribution >= 4 is 23.1 Å². The van der Waals surface area contributed by atoms with Crippen LogP contribution in [0.25, 0.3) is 5.57 Å². The van der Waals surface area contributed by atoms with Gasteiger partial charge in [-0.15, -0.1) is 0 Å². The zero-order chi connectivity index (χ0) is 12.6. The number of fused-ring (bicyclic) bond motifs is 1. The topological polar surface area (TPSA) is 35.5 Å². The Labute approximate surface area is 101 Å². The predicted molar refractivity (Wildman–Crippen MR) is 57.4 cm³/mol. The van der Waals surface area contributed by atoms with Crippen molar-refractivity contribution < 1.29 is 23.0 Å². The molecule has 0 N–H and O–H groups in total. The van der Waals surface area contributed by atoms with Crippen molar-refractivity contribution in [3.05, 3.63) is 29.3 Å². The molecule has 2 rings (SSSR count). The average Bonchev–Trinajstić information content (AvgIpc) is 2.19. The summed E-state index contributed by atoms with van der Waals surface area (Å²) in [6.07, 6.45) is 0.00145. The third kappa shape index (κ3) is 2.39. The largest absolute Gasteiger partial charge is 0.431 e. The number of benzene rings is 1. The molecule has 3 nitrogen and oxygen atoms in total. The van der Waals surface area contributed by atoms with Crippen LogP contribution in [-0.4, -0.2) is 12.6 Å². The first-order valence-corrected chi connectivity index (χ1v) is 5.02. The van der Waals surface area contributed by atoms with E-state index < -0.39 is 12.6 Å². The van der Waals surface area contributed by atoms with Crippen molar-refractivity contribution in [2.24, 2.45) is 0 Å². The van der Waals surface area contributed by atoms with Crippen molar-refractivity contribution in [2.45, 2.75) is 13.0 Å². The highest BCUT2D eigenvalue weighted by molar-refractivity contribution is 6.31. The number of alkyl halides is 2. The number of carbonyl (C=O) groups excluding carboxylic acids is 1. The number of hydrogen-bond acceptors (Lipinski definition) is 3. The van der Waals surface area contributed by atoms with Crippen LogP contribution >= 0.6 is 11.6 Å². The Bertz CT molecular complexity index is 500. The van der Waals surface area contributed by atoms with Gasteiger partial charge in [0.15, 0.2) is 11.5 Å². The van der Waals surface area contributed by atoms with Gasteiger partial charge in [0.05, 0.1) is 6.42 Å². The number of carbonyl (C=O) groups is 1. The molecule has 1 aromatic rings. The van der Waals surface area contributed by atoms with E-state index >= 15 is 0 Å². The first kappa shape index (κ1) is 11.9. The lowest BCUT2D eigenvalue weighted by molar-refractivity contribution is -0.134. The Hall–Kier alpha value is -1.62. The van der Waals surface area contributed by atoms with Crippen LogP contribution in [-0.2, 0) is 4.79 Å². The van der Waals surface area contributed by atoms with E-state index in [0.29, 0.717) is 11.1 Å². The Balaban J connectivity index is 2.53. The highest BCUT2D eigenvalue weighted by atomic mass is 35.5. The van der Waals surface area contributed by atoms with Gasteiger partial charge in [0, 0.05) is 16.7 Å². The second kappa shape index (κ2) is 4.33. The van der Waals surface area contributed by atoms with Gasteiger partial charge < -0.3 is 9.47 Å². The molecule has 1 aliphatic heterocycles. The lowest BCUT2D eigenvalue weighted by Crippen LogP contribution is -2.16. The summed E-state index contributed by atoms with van der Waals surface area (Å²) < 4.78 is 33.5. The van der Waals surface area contributed by atoms with Gasteiger partial charge in [-0.1, -0.05) is 18.2 Å². The lowest BCUT2D eigenvalue weighted by atomic mass is 10.0. The summed E-state index contributed by atoms with van der Waals surface area (Å²) in [5, 5.41) is 0.207. The molecular weight excluding hydrogens is 254 g/mol. The van der Waals surface area contributed by atoms with Crippen LogP contribution in [0.3, 0.4) is 0 Å². The SMILES string of the molecule is C=C1CC(=O)Oc2c(OC(F)F)cc(Cl)cc21. The van der Waals surface area contributed by atoms with Gasteiger partial charge in [-0.25, -0.2) is 0 Å². The van der Waals surface area contributed by atoms with Crippen LogP contribution in [0.1, 0.15) is 12.0 Å². The number of ether oxygens (including phenoxy) is 2. The molecule has 0 aromatic heterocycles. The van der Waals surface area contributed by atoms with Gasteiger partial charge in [-0.05, 0) is 11.6 Å². The molecule has 17 heavy (non-hydrogen) atoms. The summed E-state index contributed by atoms with van der Waals surface area (Å²) in [5.74, 6) is -0.892. The number of rotatable bonds is 2. The second-order valence-electron chi connectivity index (χ2n) is 3.41. The van der Waals surface area contributed by atoms with Crippen molar-refractivity contribution in [2.75, 3.05) is 0 Å². The minimum atomic E-state index is -3.02. The fourth-order valence-electron chi connectivity index (χ4n) is 1.54. The molecule has 6 heteroatoms. The average molecular weight is 261 g/mol. The molecular formula is C11H7ClF2O3. The highest BCUT2D eigenvalue weighted by Crippen LogP contribution is 2.42. The van der Waals surface area contributed by atoms with Crippen LogP contribution in [0.15, 0.2) is 18.7 Å². The van der Waals surface area contributed by atoms with Crippen molar-refractivity contribution in [3.63, 3.8) is 0 Å². The highest BCUT2D eigenvalue weighted by Gasteiger charge is 2.26. The number of halogens is 3. The summed E-state index contributed by atoms with van der Waals surface area (Å²) in [6, 6.07) is 2.66. The fraction of sp³-hybridized carbons (Fsp3) is 0.182. The molecule has 0 unspecified atom stereocenters. The summed E-state index contributed by atoms with van der Waals surface area (Å²) >= 11 is 5.76. The fourth-order valence-corrected chi connectivity index (χ4v) is 1.75. The molecule has 90 valence electrons. The molecule has 0 amide bonds. The summed E-state index contributed by atoms with van der Waals surface area (Å²) in [5.41, 5.74) is 0.866. The molecule has 0 atom stereocenters. The normalized spacial score (nSPS) is 14.6. The van der Waals surface area contributed by atoms with Crippen LogP contribution in [0.4, 0.5) is 8.78 Å². The smallest absolute Gasteiger partial charge is 0.387 e. The predicted octanol–water partition coefficient (Wildman–Crippen LogP) is 3.26. The summed E-state index contributed by atoms with van der Waals surface area (Å²) in [7, 11) is 0. The van der Waals surface area contributed by atoms with Crippen LogP contribution in [0.5, 0.6) is 11.5 Å². The Kier molecular flexibility index (Phi) is 3.02. The molecule has 0 saturated heterocycles. The van der Waals surface area contributed by atoms with E-state index in [1.807, 2.05) is 0 Å². The van der Waals surface area contributed by atoms with E-state index in [1.165, 1.54) is 12.1 Å². The number of hydrogen-bond donors (Lipinski definition) is 0. The Morgan fingerprint density at radius 3 is 2.82 bits per heavy atom. The van der Waals surface area contributed by atoms with E-state index in [4.69, 9.17) is 16.3 Å². The molecule has 0 saturated carbocycles. The molecule has 0 bridgehead atoms. The minimum Gasteiger partial charge on any atom is -0.431 e. The van der Waals surface area contributed by atoms with Crippen molar-refractivity contribution in [1.29, 1.82) is 0 Å². The van der Waals surface area contributed by atoms with Gasteiger partial charge in [-0.3, -0.25) is 4.79 Å². The van der Waals surface area contributed by atoms with Crippen molar-refractivity contribution in [3.8, 4) is 11.5 Å². The Morgan fingerprint density at radius 2 is 2.18 bits per heavy atom. The van der Waals surface area contributed by atoms with E-state index in [0.717, 1.165) is 0 Å². The molecule has 1 aromatic carbocycles. The summed E-state index contributed by atoms with van der Waals surface area (Å²) in [6.45, 7) is 0.643. The quantitative estimate of drug-likeness (QED) is 0.605. The zero-order valence-corrected chi connectivity index (χ0v) is 9.26. The second-order valence-corrected chi connectivity index (χ2v) is 3.85. The molecule has 0 spiro atoms. The van der Waals surface area contributed by atoms with Crippen molar-refractivity contribution in [1.82, 2.24) is 0 Å². The van der Waals surface area contributed by atoms with Gasteiger partial charge >= 0.3 is 12.6 Å². The maximum Gasteiger partial charge on any atom is 0.387 e. The Morgan fingerprint density at radius 1 is 1.47 bits per heavy atom. The lowest BCUT2D eigenvalue weighted by Gasteiger charge is -2.20. The van der Waals surface area contributed by atoms with Gasteiger partial charge in [0.25, 0.3) is 0 Å². The van der Waals surface area contributed by atoms with E-state index in [2.05, 4.69) is 11.3 Å². The van der Waals surface area contributed by atoms with E-state index in [1.54, 1.807) is 0 Å². The third-order valence-corrected chi connectivity index (χ3v) is 2.41. The third-order valence-electron chi connectivity index (χ3n) is 2.19. The van der Waals surface area contributed by atoms with Gasteiger partial charge in [-0.2, -0.15) is 8.78 Å².